The third-order valence-corrected chi connectivity index (χ3v) is 3.52. The highest BCUT2D eigenvalue weighted by Gasteiger charge is 2.10. The second kappa shape index (κ2) is 8.44. The number of benzene rings is 1. The Morgan fingerprint density at radius 3 is 2.56 bits per heavy atom. The van der Waals surface area contributed by atoms with E-state index in [1.165, 1.54) is 4.90 Å². The number of nitrogens with one attached hydrogen (secondary N) is 1. The van der Waals surface area contributed by atoms with Crippen LogP contribution in [0.1, 0.15) is 27.2 Å². The molecule has 0 amide bonds. The molecule has 102 valence electrons. The van der Waals surface area contributed by atoms with E-state index in [-0.39, 0.29) is 6.10 Å². The Morgan fingerprint density at radius 2 is 1.94 bits per heavy atom. The van der Waals surface area contributed by atoms with E-state index < -0.39 is 0 Å². The molecule has 0 aliphatic carbocycles. The lowest BCUT2D eigenvalue weighted by Gasteiger charge is -2.20. The Labute approximate surface area is 116 Å². The third-order valence-electron chi connectivity index (χ3n) is 2.74. The predicted molar refractivity (Wildman–Crippen MR) is 80.6 cm³/mol. The molecule has 0 radical (unpaired) electrons. The van der Waals surface area contributed by atoms with Crippen molar-refractivity contribution in [1.82, 2.24) is 5.32 Å². The molecule has 2 nitrogen and oxygen atoms in total. The van der Waals surface area contributed by atoms with Crippen molar-refractivity contribution in [1.29, 1.82) is 0 Å². The molecule has 0 saturated carbocycles. The van der Waals surface area contributed by atoms with Gasteiger partial charge in [-0.1, -0.05) is 32.9 Å². The maximum absolute atomic E-state index is 6.08. The van der Waals surface area contributed by atoms with E-state index in [1.54, 1.807) is 11.8 Å². The van der Waals surface area contributed by atoms with Gasteiger partial charge in [0.05, 0.1) is 0 Å². The lowest BCUT2D eigenvalue weighted by atomic mass is 10.2. The van der Waals surface area contributed by atoms with Gasteiger partial charge in [0.15, 0.2) is 0 Å². The molecule has 0 aromatic heterocycles. The highest BCUT2D eigenvalue weighted by molar-refractivity contribution is 7.98. The second-order valence-electron chi connectivity index (χ2n) is 4.85. The molecule has 0 aliphatic rings. The van der Waals surface area contributed by atoms with E-state index in [2.05, 4.69) is 50.5 Å². The standard InChI is InChI=1S/C15H25NOS/c1-5-13(11-16-10-12(2)3)17-14-8-6-7-9-15(14)18-4/h6-9,12-13,16H,5,10-11H2,1-4H3. The van der Waals surface area contributed by atoms with Crippen molar-refractivity contribution in [3.8, 4) is 5.75 Å². The minimum atomic E-state index is 0.247. The number of rotatable bonds is 8. The van der Waals surface area contributed by atoms with Gasteiger partial charge < -0.3 is 10.1 Å². The van der Waals surface area contributed by atoms with Gasteiger partial charge in [0.2, 0.25) is 0 Å². The van der Waals surface area contributed by atoms with Gasteiger partial charge in [0.25, 0.3) is 0 Å². The fourth-order valence-corrected chi connectivity index (χ4v) is 2.23. The second-order valence-corrected chi connectivity index (χ2v) is 5.70. The molecular formula is C15H25NOS. The van der Waals surface area contributed by atoms with Crippen molar-refractivity contribution in [3.63, 3.8) is 0 Å². The van der Waals surface area contributed by atoms with E-state index in [4.69, 9.17) is 4.74 Å². The molecule has 3 heteroatoms. The van der Waals surface area contributed by atoms with Gasteiger partial charge in [-0.3, -0.25) is 0 Å². The molecule has 0 fully saturated rings. The summed E-state index contributed by atoms with van der Waals surface area (Å²) in [5.41, 5.74) is 0. The number of para-hydroxylation sites is 1. The lowest BCUT2D eigenvalue weighted by Crippen LogP contribution is -2.33. The lowest BCUT2D eigenvalue weighted by molar-refractivity contribution is 0.187. The Balaban J connectivity index is 2.51. The summed E-state index contributed by atoms with van der Waals surface area (Å²) in [7, 11) is 0. The van der Waals surface area contributed by atoms with Crippen LogP contribution in [-0.2, 0) is 0 Å². The summed E-state index contributed by atoms with van der Waals surface area (Å²) in [6.45, 7) is 8.57. The predicted octanol–water partition coefficient (Wildman–Crippen LogP) is 3.81. The summed E-state index contributed by atoms with van der Waals surface area (Å²) in [5, 5.41) is 3.46. The van der Waals surface area contributed by atoms with Crippen molar-refractivity contribution in [3.05, 3.63) is 24.3 Å². The zero-order valence-electron chi connectivity index (χ0n) is 11.9. The van der Waals surface area contributed by atoms with Gasteiger partial charge in [0, 0.05) is 11.4 Å². The molecule has 0 bridgehead atoms. The largest absolute Gasteiger partial charge is 0.488 e. The third kappa shape index (κ3) is 5.32. The average molecular weight is 267 g/mol. The first-order valence-corrected chi connectivity index (χ1v) is 7.90. The van der Waals surface area contributed by atoms with Crippen LogP contribution in [0.25, 0.3) is 0 Å². The summed E-state index contributed by atoms with van der Waals surface area (Å²) in [6, 6.07) is 8.24. The molecule has 0 aliphatic heterocycles. The summed E-state index contributed by atoms with van der Waals surface area (Å²) in [4.78, 5) is 1.21. The smallest absolute Gasteiger partial charge is 0.133 e. The Hall–Kier alpha value is -0.670. The van der Waals surface area contributed by atoms with Crippen LogP contribution in [-0.4, -0.2) is 25.4 Å². The summed E-state index contributed by atoms with van der Waals surface area (Å²) >= 11 is 1.73. The molecule has 1 aromatic rings. The van der Waals surface area contributed by atoms with Crippen LogP contribution in [0.3, 0.4) is 0 Å². The highest BCUT2D eigenvalue weighted by atomic mass is 32.2. The van der Waals surface area contributed by atoms with Gasteiger partial charge in [-0.05, 0) is 37.3 Å². The van der Waals surface area contributed by atoms with Crippen molar-refractivity contribution in [2.75, 3.05) is 19.3 Å². The molecule has 1 unspecified atom stereocenters. The topological polar surface area (TPSA) is 21.3 Å². The van der Waals surface area contributed by atoms with E-state index in [9.17, 15) is 0 Å². The zero-order valence-corrected chi connectivity index (χ0v) is 12.7. The van der Waals surface area contributed by atoms with Crippen LogP contribution in [0.15, 0.2) is 29.2 Å². The normalized spacial score (nSPS) is 12.7. The number of ether oxygens (including phenoxy) is 1. The number of thioether (sulfide) groups is 1. The van der Waals surface area contributed by atoms with Gasteiger partial charge >= 0.3 is 0 Å². The summed E-state index contributed by atoms with van der Waals surface area (Å²) < 4.78 is 6.08. The first-order chi connectivity index (χ1) is 8.67. The molecule has 1 N–H and O–H groups in total. The highest BCUT2D eigenvalue weighted by Crippen LogP contribution is 2.27. The van der Waals surface area contributed by atoms with Gasteiger partial charge in [-0.2, -0.15) is 0 Å². The van der Waals surface area contributed by atoms with Gasteiger partial charge in [-0.15, -0.1) is 11.8 Å². The van der Waals surface area contributed by atoms with Crippen LogP contribution in [0.4, 0.5) is 0 Å². The maximum atomic E-state index is 6.08. The first kappa shape index (κ1) is 15.4. The van der Waals surface area contributed by atoms with Crippen LogP contribution in [0, 0.1) is 5.92 Å². The van der Waals surface area contributed by atoms with Crippen LogP contribution in [0.2, 0.25) is 0 Å². The quantitative estimate of drug-likeness (QED) is 0.724. The maximum Gasteiger partial charge on any atom is 0.133 e. The van der Waals surface area contributed by atoms with Gasteiger partial charge in [-0.25, -0.2) is 0 Å². The Bertz CT molecular complexity index is 341. The molecule has 18 heavy (non-hydrogen) atoms. The van der Waals surface area contributed by atoms with E-state index in [0.29, 0.717) is 5.92 Å². The van der Waals surface area contributed by atoms with Crippen molar-refractivity contribution >= 4 is 11.8 Å². The fraction of sp³-hybridized carbons (Fsp3) is 0.600. The number of hydrogen-bond acceptors (Lipinski definition) is 3. The molecule has 0 heterocycles. The average Bonchev–Trinajstić information content (AvgIpc) is 2.37. The Morgan fingerprint density at radius 1 is 1.22 bits per heavy atom. The Kier molecular flexibility index (Phi) is 7.21. The first-order valence-electron chi connectivity index (χ1n) is 6.67. The molecule has 1 atom stereocenters. The minimum Gasteiger partial charge on any atom is -0.488 e. The van der Waals surface area contributed by atoms with E-state index in [0.717, 1.165) is 25.3 Å². The molecular weight excluding hydrogens is 242 g/mol. The molecule has 0 saturated heterocycles. The zero-order chi connectivity index (χ0) is 13.4. The fourth-order valence-electron chi connectivity index (χ4n) is 1.70. The molecule has 1 aromatic carbocycles. The molecule has 1 rings (SSSR count). The van der Waals surface area contributed by atoms with Crippen LogP contribution < -0.4 is 10.1 Å². The summed E-state index contributed by atoms with van der Waals surface area (Å²) in [5.74, 6) is 1.68. The van der Waals surface area contributed by atoms with Gasteiger partial charge in [0.1, 0.15) is 11.9 Å². The number of hydrogen-bond donors (Lipinski definition) is 1. The minimum absolute atomic E-state index is 0.247. The SMILES string of the molecule is CCC(CNCC(C)C)Oc1ccccc1SC. The van der Waals surface area contributed by atoms with E-state index >= 15 is 0 Å². The van der Waals surface area contributed by atoms with Crippen LogP contribution in [0.5, 0.6) is 5.75 Å². The monoisotopic (exact) mass is 267 g/mol. The van der Waals surface area contributed by atoms with Crippen molar-refractivity contribution in [2.45, 2.75) is 38.2 Å². The van der Waals surface area contributed by atoms with Crippen LogP contribution >= 0.6 is 11.8 Å². The van der Waals surface area contributed by atoms with Crippen molar-refractivity contribution < 1.29 is 4.74 Å². The van der Waals surface area contributed by atoms with Crippen molar-refractivity contribution in [2.24, 2.45) is 5.92 Å². The molecule has 0 spiro atoms. The van der Waals surface area contributed by atoms with E-state index in [1.807, 2.05) is 6.07 Å². The summed E-state index contributed by atoms with van der Waals surface area (Å²) in [6.07, 6.45) is 3.35.